The van der Waals surface area contributed by atoms with Crippen molar-refractivity contribution < 1.29 is 9.47 Å². The number of methoxy groups -OCH3 is 1. The van der Waals surface area contributed by atoms with Crippen molar-refractivity contribution in [3.63, 3.8) is 0 Å². The topological polar surface area (TPSA) is 64.4 Å². The highest BCUT2D eigenvalue weighted by Gasteiger charge is 2.13. The fourth-order valence-electron chi connectivity index (χ4n) is 2.58. The van der Waals surface area contributed by atoms with Crippen molar-refractivity contribution in [2.24, 2.45) is 5.10 Å². The van der Waals surface area contributed by atoms with E-state index in [2.05, 4.69) is 15.3 Å². The highest BCUT2D eigenvalue weighted by molar-refractivity contribution is 7.71. The predicted molar refractivity (Wildman–Crippen MR) is 114 cm³/mol. The van der Waals surface area contributed by atoms with Crippen LogP contribution in [-0.2, 0) is 0 Å². The molecule has 3 rings (SSSR count). The summed E-state index contributed by atoms with van der Waals surface area (Å²) in [7, 11) is 1.57. The second-order valence-corrected chi connectivity index (χ2v) is 7.27. The maximum absolute atomic E-state index is 6.38. The second kappa shape index (κ2) is 8.58. The van der Waals surface area contributed by atoms with Crippen molar-refractivity contribution in [3.05, 3.63) is 57.3 Å². The van der Waals surface area contributed by atoms with E-state index in [0.29, 0.717) is 27.1 Å². The van der Waals surface area contributed by atoms with Crippen LogP contribution in [0.1, 0.15) is 25.0 Å². The molecule has 0 unspecified atom stereocenters. The summed E-state index contributed by atoms with van der Waals surface area (Å²) in [6.45, 7) is 5.89. The Morgan fingerprint density at radius 3 is 2.61 bits per heavy atom. The van der Waals surface area contributed by atoms with Gasteiger partial charge in [-0.2, -0.15) is 14.9 Å². The van der Waals surface area contributed by atoms with Gasteiger partial charge < -0.3 is 9.47 Å². The molecule has 2 aromatic carbocycles. The van der Waals surface area contributed by atoms with Gasteiger partial charge in [0.15, 0.2) is 17.3 Å². The molecule has 0 aliphatic rings. The van der Waals surface area contributed by atoms with Gasteiger partial charge in [0.25, 0.3) is 0 Å². The van der Waals surface area contributed by atoms with E-state index in [9.17, 15) is 0 Å². The molecule has 6 nitrogen and oxygen atoms in total. The Bertz CT molecular complexity index is 1060. The lowest BCUT2D eigenvalue weighted by atomic mass is 10.1. The molecule has 3 aromatic rings. The van der Waals surface area contributed by atoms with Gasteiger partial charge in [-0.3, -0.25) is 0 Å². The smallest absolute Gasteiger partial charge is 0.216 e. The number of aromatic amines is 1. The first-order valence-electron chi connectivity index (χ1n) is 8.72. The van der Waals surface area contributed by atoms with Crippen LogP contribution in [0.3, 0.4) is 0 Å². The van der Waals surface area contributed by atoms with Crippen molar-refractivity contribution in [2.75, 3.05) is 7.11 Å². The van der Waals surface area contributed by atoms with Crippen molar-refractivity contribution in [1.29, 1.82) is 0 Å². The average Bonchev–Trinajstić information content (AvgIpc) is 3.02. The van der Waals surface area contributed by atoms with Gasteiger partial charge in [0.1, 0.15) is 0 Å². The zero-order valence-corrected chi connectivity index (χ0v) is 17.6. The SMILES string of the molecule is COc1cc(/C=N\n2c(-c3ccc(C)cc3)n[nH]c2=S)cc(Cl)c1OC(C)C. The molecule has 28 heavy (non-hydrogen) atoms. The lowest BCUT2D eigenvalue weighted by Gasteiger charge is -2.15. The van der Waals surface area contributed by atoms with Gasteiger partial charge in [-0.25, -0.2) is 5.10 Å². The number of aryl methyl sites for hydroxylation is 1. The van der Waals surface area contributed by atoms with Crippen molar-refractivity contribution in [3.8, 4) is 22.9 Å². The molecule has 0 aliphatic heterocycles. The predicted octanol–water partition coefficient (Wildman–Crippen LogP) is 5.25. The first-order chi connectivity index (χ1) is 13.4. The monoisotopic (exact) mass is 416 g/mol. The molecular formula is C20H21ClN4O2S. The molecule has 0 atom stereocenters. The van der Waals surface area contributed by atoms with Gasteiger partial charge >= 0.3 is 0 Å². The molecule has 0 saturated carbocycles. The van der Waals surface area contributed by atoms with Crippen molar-refractivity contribution in [2.45, 2.75) is 26.9 Å². The summed E-state index contributed by atoms with van der Waals surface area (Å²) in [4.78, 5) is 0. The zero-order chi connectivity index (χ0) is 20.3. The number of rotatable bonds is 6. The fourth-order valence-corrected chi connectivity index (χ4v) is 3.02. The standard InChI is InChI=1S/C20H21ClN4O2S/c1-12(2)27-18-16(21)9-14(10-17(18)26-4)11-22-25-19(23-24-20(25)28)15-7-5-13(3)6-8-15/h5-12H,1-4H3,(H,24,28)/b22-11-. The highest BCUT2D eigenvalue weighted by atomic mass is 35.5. The van der Waals surface area contributed by atoms with Crippen LogP contribution in [0, 0.1) is 11.7 Å². The minimum atomic E-state index is -0.0211. The van der Waals surface area contributed by atoms with Gasteiger partial charge in [0, 0.05) is 5.56 Å². The molecule has 0 radical (unpaired) electrons. The van der Waals surface area contributed by atoms with Crippen LogP contribution in [0.5, 0.6) is 11.5 Å². The number of benzene rings is 2. The van der Waals surface area contributed by atoms with Gasteiger partial charge in [-0.05, 0) is 50.7 Å². The summed E-state index contributed by atoms with van der Waals surface area (Å²) in [5.41, 5.74) is 2.82. The number of nitrogens with zero attached hydrogens (tertiary/aromatic N) is 3. The summed E-state index contributed by atoms with van der Waals surface area (Å²) in [6.07, 6.45) is 1.63. The molecule has 1 aromatic heterocycles. The van der Waals surface area contributed by atoms with Gasteiger partial charge in [-0.1, -0.05) is 41.4 Å². The quantitative estimate of drug-likeness (QED) is 0.440. The Labute approximate surface area is 173 Å². The normalized spacial score (nSPS) is 11.4. The van der Waals surface area contributed by atoms with Crippen LogP contribution in [0.15, 0.2) is 41.5 Å². The van der Waals surface area contributed by atoms with Gasteiger partial charge in [0.2, 0.25) is 4.77 Å². The number of halogens is 1. The van der Waals surface area contributed by atoms with E-state index in [0.717, 1.165) is 11.1 Å². The lowest BCUT2D eigenvalue weighted by molar-refractivity contribution is 0.230. The van der Waals surface area contributed by atoms with Crippen molar-refractivity contribution >= 4 is 30.0 Å². The third-order valence-corrected chi connectivity index (χ3v) is 4.43. The lowest BCUT2D eigenvalue weighted by Crippen LogP contribution is -2.07. The molecule has 0 spiro atoms. The Morgan fingerprint density at radius 2 is 1.96 bits per heavy atom. The van der Waals surface area contributed by atoms with E-state index in [1.54, 1.807) is 24.1 Å². The minimum absolute atomic E-state index is 0.0211. The van der Waals surface area contributed by atoms with Crippen molar-refractivity contribution in [1.82, 2.24) is 14.9 Å². The maximum atomic E-state index is 6.38. The number of ether oxygens (including phenoxy) is 2. The van der Waals surface area contributed by atoms with E-state index >= 15 is 0 Å². The Balaban J connectivity index is 1.97. The molecule has 146 valence electrons. The molecular weight excluding hydrogens is 396 g/mol. The molecule has 0 fully saturated rings. The molecule has 0 amide bonds. The molecule has 0 bridgehead atoms. The highest BCUT2D eigenvalue weighted by Crippen LogP contribution is 2.36. The van der Waals surface area contributed by atoms with Crippen LogP contribution in [0.25, 0.3) is 11.4 Å². The summed E-state index contributed by atoms with van der Waals surface area (Å²) in [5, 5.41) is 12.0. The average molecular weight is 417 g/mol. The van der Waals surface area contributed by atoms with Crippen LogP contribution >= 0.6 is 23.8 Å². The summed E-state index contributed by atoms with van der Waals surface area (Å²) < 4.78 is 13.1. The van der Waals surface area contributed by atoms with Crippen LogP contribution in [0.2, 0.25) is 5.02 Å². The number of H-pyrrole nitrogens is 1. The Morgan fingerprint density at radius 1 is 1.25 bits per heavy atom. The Hall–Kier alpha value is -2.64. The third kappa shape index (κ3) is 4.43. The minimum Gasteiger partial charge on any atom is -0.493 e. The maximum Gasteiger partial charge on any atom is 0.216 e. The van der Waals surface area contributed by atoms with E-state index in [4.69, 9.17) is 33.3 Å². The molecule has 8 heteroatoms. The third-order valence-electron chi connectivity index (χ3n) is 3.89. The number of hydrogen-bond donors (Lipinski definition) is 1. The first-order valence-corrected chi connectivity index (χ1v) is 9.50. The fraction of sp³-hybridized carbons (Fsp3) is 0.250. The molecule has 1 N–H and O–H groups in total. The number of nitrogens with one attached hydrogen (secondary N) is 1. The Kier molecular flexibility index (Phi) is 6.16. The van der Waals surface area contributed by atoms with Gasteiger partial charge in [0.05, 0.1) is 24.5 Å². The summed E-state index contributed by atoms with van der Waals surface area (Å²) >= 11 is 11.7. The van der Waals surface area contributed by atoms with Crippen LogP contribution in [-0.4, -0.2) is 34.3 Å². The molecule has 0 saturated heterocycles. The van der Waals surface area contributed by atoms with E-state index in [-0.39, 0.29) is 6.10 Å². The zero-order valence-electron chi connectivity index (χ0n) is 16.1. The summed E-state index contributed by atoms with van der Waals surface area (Å²) in [5.74, 6) is 1.67. The van der Waals surface area contributed by atoms with Gasteiger partial charge in [-0.15, -0.1) is 0 Å². The van der Waals surface area contributed by atoms with Crippen LogP contribution in [0.4, 0.5) is 0 Å². The largest absolute Gasteiger partial charge is 0.493 e. The van der Waals surface area contributed by atoms with E-state index in [1.807, 2.05) is 51.1 Å². The number of aromatic nitrogens is 3. The van der Waals surface area contributed by atoms with E-state index < -0.39 is 0 Å². The van der Waals surface area contributed by atoms with E-state index in [1.165, 1.54) is 5.56 Å². The number of hydrogen-bond acceptors (Lipinski definition) is 5. The summed E-state index contributed by atoms with van der Waals surface area (Å²) in [6, 6.07) is 11.6. The molecule has 0 aliphatic carbocycles. The molecule has 1 heterocycles. The second-order valence-electron chi connectivity index (χ2n) is 6.48. The first kappa shape index (κ1) is 20.1. The van der Waals surface area contributed by atoms with Crippen LogP contribution < -0.4 is 9.47 Å².